The highest BCUT2D eigenvalue weighted by Crippen LogP contribution is 2.34. The Morgan fingerprint density at radius 1 is 1.29 bits per heavy atom. The summed E-state index contributed by atoms with van der Waals surface area (Å²) in [6.45, 7) is 5.13. The van der Waals surface area contributed by atoms with Crippen molar-refractivity contribution in [3.63, 3.8) is 0 Å². The minimum atomic E-state index is -3.95. The van der Waals surface area contributed by atoms with Crippen molar-refractivity contribution >= 4 is 15.9 Å². The highest BCUT2D eigenvalue weighted by Gasteiger charge is 2.38. The molecule has 0 aromatic heterocycles. The third-order valence-corrected chi connectivity index (χ3v) is 8.13. The lowest BCUT2D eigenvalue weighted by Gasteiger charge is -2.37. The SMILES string of the molecule is COc1ccccc1C#Cc1ccc2c(c1)O[C@@H](CN(C)C(C)=O)[C@H](C)CN([C@H](C)CO)S2(=O)=O. The molecule has 35 heavy (non-hydrogen) atoms. The third-order valence-electron chi connectivity index (χ3n) is 6.11. The Morgan fingerprint density at radius 3 is 2.66 bits per heavy atom. The number of fused-ring (bicyclic) bond motifs is 1. The molecule has 9 heteroatoms. The summed E-state index contributed by atoms with van der Waals surface area (Å²) in [6, 6.07) is 11.5. The smallest absolute Gasteiger partial charge is 0.247 e. The fourth-order valence-corrected chi connectivity index (χ4v) is 5.63. The van der Waals surface area contributed by atoms with Crippen LogP contribution in [0.3, 0.4) is 0 Å². The molecule has 3 rings (SSSR count). The molecular formula is C26H32N2O6S. The number of ether oxygens (including phenoxy) is 2. The number of methoxy groups -OCH3 is 1. The normalized spacial score (nSPS) is 20.2. The second kappa shape index (κ2) is 11.1. The molecule has 0 fully saturated rings. The summed E-state index contributed by atoms with van der Waals surface area (Å²) in [4.78, 5) is 13.4. The summed E-state index contributed by atoms with van der Waals surface area (Å²) < 4.78 is 40.0. The standard InChI is InChI=1S/C26H32N2O6S/c1-18-15-28(19(2)17-29)35(31,32)26-13-11-21(10-12-22-8-6-7-9-23(22)33-5)14-24(26)34-25(18)16-27(4)20(3)30/h6-9,11,13-14,18-19,25,29H,15-17H2,1-5H3/t18-,19-,25+/m1/s1. The van der Waals surface area contributed by atoms with Gasteiger partial charge in [-0.1, -0.05) is 30.9 Å². The Kier molecular flexibility index (Phi) is 8.43. The summed E-state index contributed by atoms with van der Waals surface area (Å²) in [5.74, 6) is 6.55. The lowest BCUT2D eigenvalue weighted by molar-refractivity contribution is -0.129. The van der Waals surface area contributed by atoms with Crippen LogP contribution in [0.15, 0.2) is 47.4 Å². The van der Waals surface area contributed by atoms with Crippen LogP contribution in [-0.2, 0) is 14.8 Å². The van der Waals surface area contributed by atoms with Gasteiger partial charge in [-0.05, 0) is 37.3 Å². The lowest BCUT2D eigenvalue weighted by Crippen LogP contribution is -2.50. The number of sulfonamides is 1. The van der Waals surface area contributed by atoms with Gasteiger partial charge in [0.25, 0.3) is 0 Å². The maximum absolute atomic E-state index is 13.6. The monoisotopic (exact) mass is 500 g/mol. The Bertz CT molecular complexity index is 1230. The average Bonchev–Trinajstić information content (AvgIpc) is 2.84. The zero-order valence-corrected chi connectivity index (χ0v) is 21.5. The first-order valence-electron chi connectivity index (χ1n) is 11.4. The molecule has 1 aliphatic heterocycles. The molecule has 0 unspecified atom stereocenters. The van der Waals surface area contributed by atoms with Crippen LogP contribution in [0, 0.1) is 17.8 Å². The van der Waals surface area contributed by atoms with Crippen molar-refractivity contribution in [1.29, 1.82) is 0 Å². The van der Waals surface area contributed by atoms with Crippen molar-refractivity contribution in [3.05, 3.63) is 53.6 Å². The Labute approximate surface area is 207 Å². The summed E-state index contributed by atoms with van der Waals surface area (Å²) in [5.41, 5.74) is 1.27. The Hall–Kier alpha value is -3.06. The van der Waals surface area contributed by atoms with Crippen molar-refractivity contribution in [2.24, 2.45) is 5.92 Å². The van der Waals surface area contributed by atoms with Gasteiger partial charge in [0.15, 0.2) is 0 Å². The van der Waals surface area contributed by atoms with Gasteiger partial charge in [0.05, 0.1) is 25.8 Å². The highest BCUT2D eigenvalue weighted by atomic mass is 32.2. The molecule has 0 radical (unpaired) electrons. The molecule has 1 aliphatic rings. The Morgan fingerprint density at radius 2 is 2.00 bits per heavy atom. The van der Waals surface area contributed by atoms with Crippen LogP contribution in [0.5, 0.6) is 11.5 Å². The molecule has 1 N–H and O–H groups in total. The minimum absolute atomic E-state index is 0.00280. The average molecular weight is 501 g/mol. The van der Waals surface area contributed by atoms with Crippen LogP contribution >= 0.6 is 0 Å². The molecule has 2 aromatic rings. The molecule has 1 heterocycles. The number of carbonyl (C=O) groups excluding carboxylic acids is 1. The molecule has 0 spiro atoms. The third kappa shape index (κ3) is 5.96. The maximum atomic E-state index is 13.6. The van der Waals surface area contributed by atoms with Crippen molar-refractivity contribution in [2.75, 3.05) is 33.9 Å². The number of aliphatic hydroxyl groups excluding tert-OH is 1. The quantitative estimate of drug-likeness (QED) is 0.633. The van der Waals surface area contributed by atoms with E-state index < -0.39 is 22.2 Å². The van der Waals surface area contributed by atoms with Gasteiger partial charge in [0.2, 0.25) is 15.9 Å². The second-order valence-corrected chi connectivity index (χ2v) is 10.6. The summed E-state index contributed by atoms with van der Waals surface area (Å²) in [5, 5.41) is 9.75. The number of nitrogens with zero attached hydrogens (tertiary/aromatic N) is 2. The van der Waals surface area contributed by atoms with Crippen molar-refractivity contribution in [2.45, 2.75) is 37.8 Å². The fourth-order valence-electron chi connectivity index (χ4n) is 3.81. The molecule has 8 nitrogen and oxygen atoms in total. The predicted octanol–water partition coefficient (Wildman–Crippen LogP) is 2.34. The highest BCUT2D eigenvalue weighted by molar-refractivity contribution is 7.89. The van der Waals surface area contributed by atoms with E-state index in [1.807, 2.05) is 31.2 Å². The van der Waals surface area contributed by atoms with E-state index in [4.69, 9.17) is 9.47 Å². The van der Waals surface area contributed by atoms with Gasteiger partial charge >= 0.3 is 0 Å². The number of rotatable bonds is 5. The van der Waals surface area contributed by atoms with Gasteiger partial charge in [-0.2, -0.15) is 4.31 Å². The second-order valence-electron chi connectivity index (χ2n) is 8.75. The van der Waals surface area contributed by atoms with Crippen LogP contribution in [-0.4, -0.2) is 74.6 Å². The molecule has 0 bridgehead atoms. The number of carbonyl (C=O) groups is 1. The lowest BCUT2D eigenvalue weighted by atomic mass is 10.0. The van der Waals surface area contributed by atoms with Crippen molar-refractivity contribution in [1.82, 2.24) is 9.21 Å². The van der Waals surface area contributed by atoms with Gasteiger partial charge < -0.3 is 19.5 Å². The molecule has 188 valence electrons. The van der Waals surface area contributed by atoms with E-state index in [1.54, 1.807) is 38.1 Å². The molecule has 0 aliphatic carbocycles. The molecule has 3 atom stereocenters. The number of benzene rings is 2. The number of likely N-dealkylation sites (N-methyl/N-ethyl adjacent to an activating group) is 1. The first kappa shape index (κ1) is 26.5. The molecular weight excluding hydrogens is 468 g/mol. The number of para-hydroxylation sites is 1. The maximum Gasteiger partial charge on any atom is 0.247 e. The van der Waals surface area contributed by atoms with Crippen LogP contribution in [0.2, 0.25) is 0 Å². The zero-order valence-electron chi connectivity index (χ0n) is 20.7. The number of hydrogen-bond acceptors (Lipinski definition) is 6. The first-order chi connectivity index (χ1) is 16.6. The van der Waals surface area contributed by atoms with E-state index >= 15 is 0 Å². The minimum Gasteiger partial charge on any atom is -0.495 e. The van der Waals surface area contributed by atoms with Crippen molar-refractivity contribution < 1.29 is 27.8 Å². The summed E-state index contributed by atoms with van der Waals surface area (Å²) >= 11 is 0. The van der Waals surface area contributed by atoms with Crippen molar-refractivity contribution in [3.8, 4) is 23.3 Å². The van der Waals surface area contributed by atoms with Gasteiger partial charge in [-0.3, -0.25) is 4.79 Å². The zero-order chi connectivity index (χ0) is 25.8. The van der Waals surface area contributed by atoms with E-state index in [-0.39, 0.29) is 42.2 Å². The van der Waals surface area contributed by atoms with E-state index in [0.29, 0.717) is 16.9 Å². The van der Waals surface area contributed by atoms with E-state index in [9.17, 15) is 18.3 Å². The van der Waals surface area contributed by atoms with Crippen LogP contribution in [0.1, 0.15) is 31.9 Å². The predicted molar refractivity (Wildman–Crippen MR) is 133 cm³/mol. The largest absolute Gasteiger partial charge is 0.495 e. The topological polar surface area (TPSA) is 96.4 Å². The fraction of sp³-hybridized carbons (Fsp3) is 0.423. The molecule has 2 aromatic carbocycles. The molecule has 1 amide bonds. The van der Waals surface area contributed by atoms with Gasteiger partial charge in [0.1, 0.15) is 22.5 Å². The summed E-state index contributed by atoms with van der Waals surface area (Å²) in [7, 11) is -0.699. The van der Waals surface area contributed by atoms with Crippen LogP contribution in [0.25, 0.3) is 0 Å². The number of hydrogen-bond donors (Lipinski definition) is 1. The number of aliphatic hydroxyl groups is 1. The number of amides is 1. The molecule has 0 saturated heterocycles. The van der Waals surface area contributed by atoms with E-state index in [0.717, 1.165) is 0 Å². The van der Waals surface area contributed by atoms with Gasteiger partial charge in [-0.25, -0.2) is 8.42 Å². The summed E-state index contributed by atoms with van der Waals surface area (Å²) in [6.07, 6.45) is -0.469. The van der Waals surface area contributed by atoms with Gasteiger partial charge in [0, 0.05) is 38.0 Å². The Balaban J connectivity index is 2.09. The molecule has 0 saturated carbocycles. The van der Waals surface area contributed by atoms with Gasteiger partial charge in [-0.15, -0.1) is 0 Å². The van der Waals surface area contributed by atoms with E-state index in [2.05, 4.69) is 11.8 Å². The first-order valence-corrected chi connectivity index (χ1v) is 12.8. The van der Waals surface area contributed by atoms with Crippen LogP contribution < -0.4 is 9.47 Å². The van der Waals surface area contributed by atoms with Crippen LogP contribution in [0.4, 0.5) is 0 Å². The van der Waals surface area contributed by atoms with E-state index in [1.165, 1.54) is 17.3 Å².